The van der Waals surface area contributed by atoms with Crippen molar-refractivity contribution in [2.24, 2.45) is 5.92 Å². The highest BCUT2D eigenvalue weighted by Gasteiger charge is 2.27. The molecule has 1 aromatic carbocycles. The Morgan fingerprint density at radius 3 is 3.00 bits per heavy atom. The van der Waals surface area contributed by atoms with E-state index in [1.165, 1.54) is 6.42 Å². The van der Waals surface area contributed by atoms with Crippen LogP contribution < -0.4 is 5.32 Å². The Labute approximate surface area is 96.4 Å². The smallest absolute Gasteiger partial charge is 0.120 e. The lowest BCUT2D eigenvalue weighted by molar-refractivity contribution is 0.111. The molecular formula is C13H19NO2. The van der Waals surface area contributed by atoms with Gasteiger partial charge in [-0.2, -0.15) is 0 Å². The maximum atomic E-state index is 9.87. The molecule has 0 radical (unpaired) electrons. The van der Waals surface area contributed by atoms with Gasteiger partial charge >= 0.3 is 0 Å². The maximum absolute atomic E-state index is 9.87. The Balaban J connectivity index is 2.19. The number of para-hydroxylation sites is 1. The Hall–Kier alpha value is -1.06. The van der Waals surface area contributed by atoms with E-state index in [0.29, 0.717) is 11.7 Å². The van der Waals surface area contributed by atoms with Crippen molar-refractivity contribution >= 4 is 0 Å². The number of phenolic OH excluding ortho intramolecular Hbond substituents is 1. The summed E-state index contributed by atoms with van der Waals surface area (Å²) in [4.78, 5) is 0. The monoisotopic (exact) mass is 221 g/mol. The topological polar surface area (TPSA) is 41.5 Å². The number of ether oxygens (including phenoxy) is 1. The summed E-state index contributed by atoms with van der Waals surface area (Å²) in [5.74, 6) is 0.829. The quantitative estimate of drug-likeness (QED) is 0.821. The van der Waals surface area contributed by atoms with Crippen LogP contribution in [0.15, 0.2) is 24.3 Å². The minimum atomic E-state index is 0.217. The van der Waals surface area contributed by atoms with Gasteiger partial charge in [-0.15, -0.1) is 0 Å². The average molecular weight is 221 g/mol. The van der Waals surface area contributed by atoms with E-state index in [2.05, 4.69) is 5.32 Å². The number of hydrogen-bond acceptors (Lipinski definition) is 3. The number of rotatable bonds is 3. The van der Waals surface area contributed by atoms with Crippen LogP contribution in [0.1, 0.15) is 24.4 Å². The standard InChI is InChI=1S/C13H19NO2/c1-16-9-10-5-4-8-14-13(10)11-6-2-3-7-12(11)15/h2-3,6-7,10,13-15H,4-5,8-9H2,1H3. The first-order valence-corrected chi connectivity index (χ1v) is 5.83. The zero-order valence-electron chi connectivity index (χ0n) is 9.65. The first-order valence-electron chi connectivity index (χ1n) is 5.83. The lowest BCUT2D eigenvalue weighted by atomic mass is 9.86. The summed E-state index contributed by atoms with van der Waals surface area (Å²) in [6.07, 6.45) is 2.33. The fourth-order valence-electron chi connectivity index (χ4n) is 2.46. The molecule has 1 aliphatic rings. The van der Waals surface area contributed by atoms with E-state index in [1.807, 2.05) is 18.2 Å². The molecule has 0 spiro atoms. The number of piperidine rings is 1. The van der Waals surface area contributed by atoms with E-state index in [4.69, 9.17) is 4.74 Å². The van der Waals surface area contributed by atoms with Gasteiger partial charge in [0.25, 0.3) is 0 Å². The van der Waals surface area contributed by atoms with Crippen molar-refractivity contribution in [3.63, 3.8) is 0 Å². The van der Waals surface area contributed by atoms with Gasteiger partial charge in [0, 0.05) is 24.6 Å². The van der Waals surface area contributed by atoms with Crippen molar-refractivity contribution in [2.45, 2.75) is 18.9 Å². The van der Waals surface area contributed by atoms with Crippen molar-refractivity contribution in [3.05, 3.63) is 29.8 Å². The normalized spacial score (nSPS) is 25.6. The van der Waals surface area contributed by atoms with Crippen LogP contribution in [0.3, 0.4) is 0 Å². The van der Waals surface area contributed by atoms with Gasteiger partial charge in [0.05, 0.1) is 6.61 Å². The Kier molecular flexibility index (Phi) is 3.80. The fraction of sp³-hybridized carbons (Fsp3) is 0.538. The van der Waals surface area contributed by atoms with Crippen LogP contribution in [0.25, 0.3) is 0 Å². The predicted octanol–water partition coefficient (Wildman–Crippen LogP) is 2.08. The van der Waals surface area contributed by atoms with Gasteiger partial charge in [-0.1, -0.05) is 18.2 Å². The fourth-order valence-corrected chi connectivity index (χ4v) is 2.46. The first-order chi connectivity index (χ1) is 7.83. The molecule has 1 saturated heterocycles. The average Bonchev–Trinajstić information content (AvgIpc) is 2.31. The minimum Gasteiger partial charge on any atom is -0.508 e. The lowest BCUT2D eigenvalue weighted by Gasteiger charge is -2.32. The predicted molar refractivity (Wildman–Crippen MR) is 63.5 cm³/mol. The van der Waals surface area contributed by atoms with Crippen LogP contribution in [0.2, 0.25) is 0 Å². The summed E-state index contributed by atoms with van der Waals surface area (Å²) < 4.78 is 5.25. The van der Waals surface area contributed by atoms with Gasteiger partial charge in [-0.3, -0.25) is 0 Å². The highest BCUT2D eigenvalue weighted by atomic mass is 16.5. The van der Waals surface area contributed by atoms with E-state index in [9.17, 15) is 5.11 Å². The molecule has 0 bridgehead atoms. The highest BCUT2D eigenvalue weighted by molar-refractivity contribution is 5.35. The van der Waals surface area contributed by atoms with Crippen LogP contribution in [-0.2, 0) is 4.74 Å². The third-order valence-electron chi connectivity index (χ3n) is 3.24. The second-order valence-corrected chi connectivity index (χ2v) is 4.35. The van der Waals surface area contributed by atoms with Crippen LogP contribution in [0, 0.1) is 5.92 Å². The molecule has 88 valence electrons. The number of aromatic hydroxyl groups is 1. The zero-order valence-corrected chi connectivity index (χ0v) is 9.65. The zero-order chi connectivity index (χ0) is 11.4. The maximum Gasteiger partial charge on any atom is 0.120 e. The molecule has 0 saturated carbocycles. The number of methoxy groups -OCH3 is 1. The Bertz CT molecular complexity index is 338. The summed E-state index contributed by atoms with van der Waals surface area (Å²) >= 11 is 0. The number of benzene rings is 1. The number of nitrogens with one attached hydrogen (secondary N) is 1. The molecule has 2 unspecified atom stereocenters. The van der Waals surface area contributed by atoms with Crippen LogP contribution in [-0.4, -0.2) is 25.4 Å². The van der Waals surface area contributed by atoms with Crippen molar-refractivity contribution in [3.8, 4) is 5.75 Å². The largest absolute Gasteiger partial charge is 0.508 e. The van der Waals surface area contributed by atoms with Gasteiger partial charge in [0.2, 0.25) is 0 Å². The molecule has 1 fully saturated rings. The summed E-state index contributed by atoms with van der Waals surface area (Å²) in [5.41, 5.74) is 0.990. The molecule has 0 aliphatic carbocycles. The van der Waals surface area contributed by atoms with Gasteiger partial charge in [0.15, 0.2) is 0 Å². The van der Waals surface area contributed by atoms with E-state index in [0.717, 1.165) is 25.1 Å². The third-order valence-corrected chi connectivity index (χ3v) is 3.24. The molecule has 1 heterocycles. The third kappa shape index (κ3) is 2.36. The SMILES string of the molecule is COCC1CCCNC1c1ccccc1O. The van der Waals surface area contributed by atoms with Crippen molar-refractivity contribution < 1.29 is 9.84 Å². The van der Waals surface area contributed by atoms with Crippen molar-refractivity contribution in [1.29, 1.82) is 0 Å². The summed E-state index contributed by atoms with van der Waals surface area (Å²) in [7, 11) is 1.73. The van der Waals surface area contributed by atoms with Gasteiger partial charge in [-0.25, -0.2) is 0 Å². The minimum absolute atomic E-state index is 0.217. The first kappa shape index (κ1) is 11.4. The summed E-state index contributed by atoms with van der Waals surface area (Å²) in [6, 6.07) is 7.77. The summed E-state index contributed by atoms with van der Waals surface area (Å²) in [5, 5.41) is 13.3. The van der Waals surface area contributed by atoms with E-state index in [1.54, 1.807) is 13.2 Å². The molecule has 0 amide bonds. The molecule has 3 heteroatoms. The van der Waals surface area contributed by atoms with E-state index in [-0.39, 0.29) is 6.04 Å². The molecule has 1 aliphatic heterocycles. The van der Waals surface area contributed by atoms with E-state index >= 15 is 0 Å². The van der Waals surface area contributed by atoms with E-state index < -0.39 is 0 Å². The molecule has 2 N–H and O–H groups in total. The highest BCUT2D eigenvalue weighted by Crippen LogP contribution is 2.33. The van der Waals surface area contributed by atoms with Gasteiger partial charge in [-0.05, 0) is 25.5 Å². The molecule has 2 atom stereocenters. The van der Waals surface area contributed by atoms with Gasteiger partial charge < -0.3 is 15.2 Å². The molecule has 0 aromatic heterocycles. The lowest BCUT2D eigenvalue weighted by Crippen LogP contribution is -2.36. The summed E-state index contributed by atoms with van der Waals surface area (Å²) in [6.45, 7) is 1.76. The van der Waals surface area contributed by atoms with Crippen LogP contribution >= 0.6 is 0 Å². The van der Waals surface area contributed by atoms with Gasteiger partial charge in [0.1, 0.15) is 5.75 Å². The van der Waals surface area contributed by atoms with Crippen molar-refractivity contribution in [2.75, 3.05) is 20.3 Å². The second-order valence-electron chi connectivity index (χ2n) is 4.35. The number of phenols is 1. The Morgan fingerprint density at radius 2 is 2.25 bits per heavy atom. The molecule has 3 nitrogen and oxygen atoms in total. The molecule has 2 rings (SSSR count). The number of hydrogen-bond donors (Lipinski definition) is 2. The van der Waals surface area contributed by atoms with Crippen LogP contribution in [0.4, 0.5) is 0 Å². The molecular weight excluding hydrogens is 202 g/mol. The molecule has 16 heavy (non-hydrogen) atoms. The molecule has 1 aromatic rings. The second kappa shape index (κ2) is 5.32. The van der Waals surface area contributed by atoms with Crippen molar-refractivity contribution in [1.82, 2.24) is 5.32 Å². The van der Waals surface area contributed by atoms with Crippen LogP contribution in [0.5, 0.6) is 5.75 Å². The Morgan fingerprint density at radius 1 is 1.44 bits per heavy atom.